The molecule has 0 fully saturated rings. The lowest BCUT2D eigenvalue weighted by atomic mass is 10.1. The van der Waals surface area contributed by atoms with Gasteiger partial charge in [-0.05, 0) is 46.6 Å². The Labute approximate surface area is 103 Å². The highest BCUT2D eigenvalue weighted by atomic mass is 79.9. The van der Waals surface area contributed by atoms with E-state index in [1.165, 1.54) is 16.6 Å². The van der Waals surface area contributed by atoms with Gasteiger partial charge in [0.1, 0.15) is 10.3 Å². The molecule has 3 nitrogen and oxygen atoms in total. The van der Waals surface area contributed by atoms with Gasteiger partial charge in [0.2, 0.25) is 0 Å². The van der Waals surface area contributed by atoms with E-state index >= 15 is 0 Å². The predicted molar refractivity (Wildman–Crippen MR) is 68.7 cm³/mol. The van der Waals surface area contributed by atoms with Crippen LogP contribution in [-0.4, -0.2) is 22.6 Å². The first-order valence-corrected chi connectivity index (χ1v) is 6.40. The number of hydrogen-bond donors (Lipinski definition) is 1. The molecule has 1 aliphatic heterocycles. The second-order valence-corrected chi connectivity index (χ2v) is 5.05. The number of nitrogens with one attached hydrogen (secondary N) is 1. The van der Waals surface area contributed by atoms with Gasteiger partial charge in [-0.15, -0.1) is 0 Å². The van der Waals surface area contributed by atoms with Crippen LogP contribution in [0.15, 0.2) is 16.7 Å². The second kappa shape index (κ2) is 3.86. The van der Waals surface area contributed by atoms with Gasteiger partial charge >= 0.3 is 0 Å². The van der Waals surface area contributed by atoms with Gasteiger partial charge in [0.25, 0.3) is 0 Å². The quantitative estimate of drug-likeness (QED) is 0.748. The molecule has 84 valence electrons. The maximum Gasteiger partial charge on any atom is 0.141 e. The molecule has 0 bridgehead atoms. The summed E-state index contributed by atoms with van der Waals surface area (Å²) in [6.45, 7) is 2.14. The highest BCUT2D eigenvalue weighted by Crippen LogP contribution is 2.27. The van der Waals surface area contributed by atoms with Gasteiger partial charge in [0.15, 0.2) is 0 Å². The van der Waals surface area contributed by atoms with Crippen LogP contribution in [0.5, 0.6) is 0 Å². The number of pyridine rings is 1. The van der Waals surface area contributed by atoms with Crippen LogP contribution < -0.4 is 5.32 Å². The van der Waals surface area contributed by atoms with Crippen molar-refractivity contribution in [3.63, 3.8) is 0 Å². The first-order valence-electron chi connectivity index (χ1n) is 5.61. The van der Waals surface area contributed by atoms with E-state index in [4.69, 9.17) is 0 Å². The molecule has 3 heterocycles. The fourth-order valence-electron chi connectivity index (χ4n) is 2.54. The van der Waals surface area contributed by atoms with E-state index in [2.05, 4.69) is 43.9 Å². The minimum atomic E-state index is 0.911. The average Bonchev–Trinajstić information content (AvgIpc) is 2.47. The van der Waals surface area contributed by atoms with E-state index < -0.39 is 0 Å². The van der Waals surface area contributed by atoms with Crippen LogP contribution in [-0.2, 0) is 19.9 Å². The topological polar surface area (TPSA) is 29.9 Å². The molecule has 0 saturated heterocycles. The summed E-state index contributed by atoms with van der Waals surface area (Å²) in [5.74, 6) is 0. The molecule has 1 aliphatic rings. The molecule has 0 atom stereocenters. The van der Waals surface area contributed by atoms with Crippen LogP contribution in [0.3, 0.4) is 0 Å². The summed E-state index contributed by atoms with van der Waals surface area (Å²) in [6.07, 6.45) is 2.20. The van der Waals surface area contributed by atoms with Crippen molar-refractivity contribution in [2.45, 2.75) is 12.8 Å². The molecule has 0 aliphatic carbocycles. The van der Waals surface area contributed by atoms with Crippen LogP contribution in [0.4, 0.5) is 0 Å². The Balaban J connectivity index is 2.31. The summed E-state index contributed by atoms with van der Waals surface area (Å²) in [5, 5.41) is 4.75. The van der Waals surface area contributed by atoms with Crippen molar-refractivity contribution >= 4 is 27.0 Å². The molecule has 0 radical (unpaired) electrons. The SMILES string of the molecule is Cn1c2c(c3ccc(Br)nc31)CCNCC2. The maximum atomic E-state index is 4.57. The summed E-state index contributed by atoms with van der Waals surface area (Å²) < 4.78 is 3.15. The lowest BCUT2D eigenvalue weighted by Gasteiger charge is -2.02. The van der Waals surface area contributed by atoms with Crippen LogP contribution in [0, 0.1) is 0 Å². The number of nitrogens with zero attached hydrogens (tertiary/aromatic N) is 2. The number of rotatable bonds is 0. The van der Waals surface area contributed by atoms with Crippen molar-refractivity contribution in [2.24, 2.45) is 7.05 Å². The molecule has 16 heavy (non-hydrogen) atoms. The molecule has 0 saturated carbocycles. The molecular formula is C12H14BrN3. The third-order valence-electron chi connectivity index (χ3n) is 3.33. The fourth-order valence-corrected chi connectivity index (χ4v) is 2.85. The molecule has 3 rings (SSSR count). The van der Waals surface area contributed by atoms with Crippen molar-refractivity contribution in [1.82, 2.24) is 14.9 Å². The van der Waals surface area contributed by atoms with Gasteiger partial charge in [-0.25, -0.2) is 4.98 Å². The number of aromatic nitrogens is 2. The van der Waals surface area contributed by atoms with Crippen molar-refractivity contribution < 1.29 is 0 Å². The lowest BCUT2D eigenvalue weighted by Crippen LogP contribution is -2.17. The van der Waals surface area contributed by atoms with Gasteiger partial charge < -0.3 is 9.88 Å². The molecular weight excluding hydrogens is 266 g/mol. The van der Waals surface area contributed by atoms with E-state index in [0.29, 0.717) is 0 Å². The van der Waals surface area contributed by atoms with Crippen molar-refractivity contribution in [3.05, 3.63) is 28.0 Å². The highest BCUT2D eigenvalue weighted by molar-refractivity contribution is 9.10. The third-order valence-corrected chi connectivity index (χ3v) is 3.77. The highest BCUT2D eigenvalue weighted by Gasteiger charge is 2.17. The van der Waals surface area contributed by atoms with Gasteiger partial charge in [0, 0.05) is 31.1 Å². The maximum absolute atomic E-state index is 4.57. The normalized spacial score (nSPS) is 16.1. The minimum Gasteiger partial charge on any atom is -0.332 e. The van der Waals surface area contributed by atoms with E-state index in [1.54, 1.807) is 0 Å². The van der Waals surface area contributed by atoms with Crippen molar-refractivity contribution in [2.75, 3.05) is 13.1 Å². The molecule has 4 heteroatoms. The molecule has 1 N–H and O–H groups in total. The van der Waals surface area contributed by atoms with Crippen LogP contribution in [0.1, 0.15) is 11.3 Å². The average molecular weight is 280 g/mol. The Kier molecular flexibility index (Phi) is 2.48. The second-order valence-electron chi connectivity index (χ2n) is 4.24. The standard InChI is InChI=1S/C12H14BrN3/c1-16-10-5-7-14-6-4-8(10)9-2-3-11(13)15-12(9)16/h2-3,14H,4-7H2,1H3. The Bertz CT molecular complexity index is 545. The zero-order valence-corrected chi connectivity index (χ0v) is 10.8. The van der Waals surface area contributed by atoms with E-state index in [-0.39, 0.29) is 0 Å². The number of halogens is 1. The smallest absolute Gasteiger partial charge is 0.141 e. The van der Waals surface area contributed by atoms with Gasteiger partial charge in [0.05, 0.1) is 0 Å². The molecule has 0 amide bonds. The first kappa shape index (κ1) is 10.3. The number of hydrogen-bond acceptors (Lipinski definition) is 2. The molecule has 2 aromatic heterocycles. The number of fused-ring (bicyclic) bond motifs is 3. The van der Waals surface area contributed by atoms with Crippen LogP contribution in [0.2, 0.25) is 0 Å². The van der Waals surface area contributed by atoms with Crippen molar-refractivity contribution in [3.8, 4) is 0 Å². The monoisotopic (exact) mass is 279 g/mol. The van der Waals surface area contributed by atoms with Crippen LogP contribution in [0.25, 0.3) is 11.0 Å². The fraction of sp³-hybridized carbons (Fsp3) is 0.417. The molecule has 0 unspecified atom stereocenters. The first-order chi connectivity index (χ1) is 7.77. The van der Waals surface area contributed by atoms with Gasteiger partial charge in [-0.3, -0.25) is 0 Å². The molecule has 0 spiro atoms. The third kappa shape index (κ3) is 1.48. The Morgan fingerprint density at radius 1 is 1.31 bits per heavy atom. The van der Waals surface area contributed by atoms with Crippen molar-refractivity contribution in [1.29, 1.82) is 0 Å². The molecule has 2 aromatic rings. The Hall–Kier alpha value is -0.870. The Morgan fingerprint density at radius 3 is 3.00 bits per heavy atom. The predicted octanol–water partition coefficient (Wildman–Crippen LogP) is 2.02. The summed E-state index contributed by atoms with van der Waals surface area (Å²) in [7, 11) is 2.12. The van der Waals surface area contributed by atoms with E-state index in [1.807, 2.05) is 6.07 Å². The zero-order valence-electron chi connectivity index (χ0n) is 9.26. The zero-order chi connectivity index (χ0) is 11.1. The van der Waals surface area contributed by atoms with Crippen LogP contribution >= 0.6 is 15.9 Å². The number of aryl methyl sites for hydroxylation is 1. The van der Waals surface area contributed by atoms with Gasteiger partial charge in [-0.1, -0.05) is 0 Å². The Morgan fingerprint density at radius 2 is 2.12 bits per heavy atom. The van der Waals surface area contributed by atoms with Gasteiger partial charge in [-0.2, -0.15) is 0 Å². The summed E-state index contributed by atoms with van der Waals surface area (Å²) in [4.78, 5) is 4.57. The summed E-state index contributed by atoms with van der Waals surface area (Å²) in [6, 6.07) is 4.21. The molecule has 0 aromatic carbocycles. The summed E-state index contributed by atoms with van der Waals surface area (Å²) in [5.41, 5.74) is 4.01. The summed E-state index contributed by atoms with van der Waals surface area (Å²) >= 11 is 3.44. The van der Waals surface area contributed by atoms with E-state index in [0.717, 1.165) is 36.2 Å². The minimum absolute atomic E-state index is 0.911. The van der Waals surface area contributed by atoms with E-state index in [9.17, 15) is 0 Å². The lowest BCUT2D eigenvalue weighted by molar-refractivity contribution is 0.698. The largest absolute Gasteiger partial charge is 0.332 e.